The number of anilines is 1. The zero-order valence-corrected chi connectivity index (χ0v) is 12.5. The van der Waals surface area contributed by atoms with Gasteiger partial charge in [0.15, 0.2) is 0 Å². The number of benzene rings is 1. The summed E-state index contributed by atoms with van der Waals surface area (Å²) in [5.74, 6) is 0. The number of nitrogens with one attached hydrogen (secondary N) is 1. The van der Waals surface area contributed by atoms with Gasteiger partial charge in [-0.3, -0.25) is 0 Å². The van der Waals surface area contributed by atoms with Gasteiger partial charge in [0.25, 0.3) is 0 Å². The maximum atomic E-state index is 9.86. The van der Waals surface area contributed by atoms with Gasteiger partial charge in [-0.1, -0.05) is 17.7 Å². The number of halogens is 1. The van der Waals surface area contributed by atoms with Crippen LogP contribution in [0.1, 0.15) is 18.4 Å². The van der Waals surface area contributed by atoms with Crippen molar-refractivity contribution in [1.82, 2.24) is 0 Å². The van der Waals surface area contributed by atoms with Crippen LogP contribution in [0.2, 0.25) is 5.02 Å². The summed E-state index contributed by atoms with van der Waals surface area (Å²) in [6.45, 7) is 4.08. The van der Waals surface area contributed by atoms with Gasteiger partial charge >= 0.3 is 0 Å². The van der Waals surface area contributed by atoms with Crippen molar-refractivity contribution in [2.45, 2.75) is 32.0 Å². The van der Waals surface area contributed by atoms with Gasteiger partial charge in [0, 0.05) is 13.2 Å². The normalized spacial score (nSPS) is 20.1. The number of hydrogen-bond acceptors (Lipinski definition) is 4. The molecule has 0 spiro atoms. The molecule has 0 radical (unpaired) electrons. The zero-order valence-electron chi connectivity index (χ0n) is 11.8. The summed E-state index contributed by atoms with van der Waals surface area (Å²) in [6.07, 6.45) is 1.78. The van der Waals surface area contributed by atoms with Gasteiger partial charge in [-0.2, -0.15) is 0 Å². The van der Waals surface area contributed by atoms with Gasteiger partial charge in [0.1, 0.15) is 0 Å². The first-order chi connectivity index (χ1) is 9.65. The molecule has 1 aromatic rings. The predicted octanol–water partition coefficient (Wildman–Crippen LogP) is 2.62. The lowest BCUT2D eigenvalue weighted by molar-refractivity contribution is -0.0137. The van der Waals surface area contributed by atoms with Gasteiger partial charge in [-0.15, -0.1) is 0 Å². The Labute approximate surface area is 125 Å². The fourth-order valence-electron chi connectivity index (χ4n) is 2.16. The third-order valence-corrected chi connectivity index (χ3v) is 3.60. The molecule has 1 aliphatic heterocycles. The molecular formula is C15H22ClNO3. The summed E-state index contributed by atoms with van der Waals surface area (Å²) in [7, 11) is 0. The van der Waals surface area contributed by atoms with Crippen LogP contribution in [0.15, 0.2) is 18.2 Å². The third kappa shape index (κ3) is 4.94. The van der Waals surface area contributed by atoms with Crippen molar-refractivity contribution in [3.63, 3.8) is 0 Å². The molecule has 1 saturated heterocycles. The Morgan fingerprint density at radius 2 is 2.40 bits per heavy atom. The van der Waals surface area contributed by atoms with Crippen LogP contribution >= 0.6 is 11.6 Å². The van der Waals surface area contributed by atoms with E-state index in [0.29, 0.717) is 24.8 Å². The number of ether oxygens (including phenoxy) is 2. The largest absolute Gasteiger partial charge is 0.389 e. The number of aliphatic hydroxyl groups is 1. The standard InChI is InChI=1S/C15H22ClNO3/c1-11-4-5-15(14(16)7-11)17-8-12(18)9-19-10-13-3-2-6-20-13/h4-5,7,12-13,17-18H,2-3,6,8-10H2,1H3. The Morgan fingerprint density at radius 3 is 3.10 bits per heavy atom. The first-order valence-electron chi connectivity index (χ1n) is 7.02. The Balaban J connectivity index is 1.65. The van der Waals surface area contributed by atoms with Crippen molar-refractivity contribution in [1.29, 1.82) is 0 Å². The van der Waals surface area contributed by atoms with Gasteiger partial charge < -0.3 is 19.9 Å². The molecule has 1 fully saturated rings. The van der Waals surface area contributed by atoms with E-state index >= 15 is 0 Å². The van der Waals surface area contributed by atoms with Crippen LogP contribution in [-0.4, -0.2) is 43.7 Å². The van der Waals surface area contributed by atoms with E-state index in [1.807, 2.05) is 25.1 Å². The minimum absolute atomic E-state index is 0.196. The van der Waals surface area contributed by atoms with Gasteiger partial charge in [-0.25, -0.2) is 0 Å². The van der Waals surface area contributed by atoms with Crippen molar-refractivity contribution < 1.29 is 14.6 Å². The van der Waals surface area contributed by atoms with Crippen molar-refractivity contribution in [2.75, 3.05) is 31.7 Å². The van der Waals surface area contributed by atoms with Crippen LogP contribution in [0.3, 0.4) is 0 Å². The van der Waals surface area contributed by atoms with E-state index in [9.17, 15) is 5.11 Å². The molecule has 1 heterocycles. The van der Waals surface area contributed by atoms with Crippen molar-refractivity contribution >= 4 is 17.3 Å². The molecule has 112 valence electrons. The third-order valence-electron chi connectivity index (χ3n) is 3.29. The van der Waals surface area contributed by atoms with Crippen molar-refractivity contribution in [2.24, 2.45) is 0 Å². The Bertz CT molecular complexity index is 422. The molecule has 0 saturated carbocycles. The van der Waals surface area contributed by atoms with Crippen LogP contribution in [0.25, 0.3) is 0 Å². The molecule has 5 heteroatoms. The van der Waals surface area contributed by atoms with Crippen molar-refractivity contribution in [3.05, 3.63) is 28.8 Å². The lowest BCUT2D eigenvalue weighted by Crippen LogP contribution is -2.27. The van der Waals surface area contributed by atoms with E-state index in [0.717, 1.165) is 30.7 Å². The smallest absolute Gasteiger partial charge is 0.0945 e. The average molecular weight is 300 g/mol. The second kappa shape index (κ2) is 7.84. The minimum atomic E-state index is -0.561. The highest BCUT2D eigenvalue weighted by Crippen LogP contribution is 2.22. The molecule has 1 aromatic carbocycles. The molecular weight excluding hydrogens is 278 g/mol. The van der Waals surface area contributed by atoms with Crippen LogP contribution < -0.4 is 5.32 Å². The molecule has 2 atom stereocenters. The Morgan fingerprint density at radius 1 is 1.55 bits per heavy atom. The lowest BCUT2D eigenvalue weighted by atomic mass is 10.2. The summed E-state index contributed by atoms with van der Waals surface area (Å²) < 4.78 is 10.9. The first-order valence-corrected chi connectivity index (χ1v) is 7.40. The second-order valence-electron chi connectivity index (χ2n) is 5.19. The lowest BCUT2D eigenvalue weighted by Gasteiger charge is -2.16. The Kier molecular flexibility index (Phi) is 6.10. The molecule has 4 nitrogen and oxygen atoms in total. The summed E-state index contributed by atoms with van der Waals surface area (Å²) >= 11 is 6.11. The highest BCUT2D eigenvalue weighted by Gasteiger charge is 2.16. The first kappa shape index (κ1) is 15.6. The molecule has 0 bridgehead atoms. The van der Waals surface area contributed by atoms with Gasteiger partial charge in [0.2, 0.25) is 0 Å². The summed E-state index contributed by atoms with van der Waals surface area (Å²) in [6, 6.07) is 5.79. The number of aliphatic hydroxyl groups excluding tert-OH is 1. The van der Waals surface area contributed by atoms with Gasteiger partial charge in [0.05, 0.1) is 36.1 Å². The topological polar surface area (TPSA) is 50.7 Å². The quantitative estimate of drug-likeness (QED) is 0.812. The predicted molar refractivity (Wildman–Crippen MR) is 80.5 cm³/mol. The molecule has 0 aliphatic carbocycles. The summed E-state index contributed by atoms with van der Waals surface area (Å²) in [4.78, 5) is 0. The minimum Gasteiger partial charge on any atom is -0.389 e. The maximum Gasteiger partial charge on any atom is 0.0945 e. The van der Waals surface area contributed by atoms with E-state index in [-0.39, 0.29) is 6.10 Å². The molecule has 1 aliphatic rings. The maximum absolute atomic E-state index is 9.86. The molecule has 0 amide bonds. The fraction of sp³-hybridized carbons (Fsp3) is 0.600. The number of aryl methyl sites for hydroxylation is 1. The Hall–Kier alpha value is -0.810. The average Bonchev–Trinajstić information content (AvgIpc) is 2.91. The van der Waals surface area contributed by atoms with Crippen LogP contribution in [0, 0.1) is 6.92 Å². The zero-order chi connectivity index (χ0) is 14.4. The van der Waals surface area contributed by atoms with E-state index in [1.165, 1.54) is 0 Å². The van der Waals surface area contributed by atoms with Crippen LogP contribution in [0.5, 0.6) is 0 Å². The number of rotatable bonds is 7. The molecule has 20 heavy (non-hydrogen) atoms. The molecule has 2 N–H and O–H groups in total. The SMILES string of the molecule is Cc1ccc(NCC(O)COCC2CCCO2)c(Cl)c1. The number of hydrogen-bond donors (Lipinski definition) is 2. The summed E-state index contributed by atoms with van der Waals surface area (Å²) in [5.41, 5.74) is 1.94. The van der Waals surface area contributed by atoms with E-state index in [4.69, 9.17) is 21.1 Å². The molecule has 2 unspecified atom stereocenters. The van der Waals surface area contributed by atoms with E-state index in [2.05, 4.69) is 5.32 Å². The fourth-order valence-corrected chi connectivity index (χ4v) is 2.46. The molecule has 0 aromatic heterocycles. The summed E-state index contributed by atoms with van der Waals surface area (Å²) in [5, 5.41) is 13.6. The van der Waals surface area contributed by atoms with Gasteiger partial charge in [-0.05, 0) is 37.5 Å². The molecule has 2 rings (SSSR count). The highest BCUT2D eigenvalue weighted by molar-refractivity contribution is 6.33. The van der Waals surface area contributed by atoms with Crippen molar-refractivity contribution in [3.8, 4) is 0 Å². The van der Waals surface area contributed by atoms with Crippen LogP contribution in [0.4, 0.5) is 5.69 Å². The van der Waals surface area contributed by atoms with Crippen LogP contribution in [-0.2, 0) is 9.47 Å². The second-order valence-corrected chi connectivity index (χ2v) is 5.60. The highest BCUT2D eigenvalue weighted by atomic mass is 35.5. The van der Waals surface area contributed by atoms with E-state index in [1.54, 1.807) is 0 Å². The monoisotopic (exact) mass is 299 g/mol. The van der Waals surface area contributed by atoms with E-state index < -0.39 is 6.10 Å².